The first-order valence-corrected chi connectivity index (χ1v) is 3.25. The number of H-pyrrole nitrogens is 1. The molecule has 0 unspecified atom stereocenters. The number of carboxylic acid groups (broad SMARTS) is 1. The monoisotopic (exact) mass is 168 g/mol. The zero-order valence-corrected chi connectivity index (χ0v) is 6.42. The highest BCUT2D eigenvalue weighted by molar-refractivity contribution is 5.88. The third-order valence-corrected chi connectivity index (χ3v) is 1.56. The van der Waals surface area contributed by atoms with E-state index in [4.69, 9.17) is 10.8 Å². The molecule has 0 radical (unpaired) electrons. The fraction of sp³-hybridized carbons (Fsp3) is 0.143. The number of aromatic carboxylic acids is 1. The molecule has 64 valence electrons. The van der Waals surface area contributed by atoms with Crippen LogP contribution in [0.25, 0.3) is 0 Å². The van der Waals surface area contributed by atoms with Crippen LogP contribution in [-0.2, 0) is 0 Å². The Labute approximate surface area is 67.8 Å². The molecule has 1 aromatic rings. The Morgan fingerprint density at radius 2 is 2.25 bits per heavy atom. The number of nitrogens with two attached hydrogens (primary N) is 1. The van der Waals surface area contributed by atoms with Gasteiger partial charge in [-0.05, 0) is 6.92 Å². The minimum Gasteiger partial charge on any atom is -0.477 e. The molecule has 0 spiro atoms. The quantitative estimate of drug-likeness (QED) is 0.548. The van der Waals surface area contributed by atoms with Crippen molar-refractivity contribution in [1.82, 2.24) is 4.98 Å². The van der Waals surface area contributed by atoms with E-state index in [0.717, 1.165) is 6.20 Å². The number of anilines is 1. The summed E-state index contributed by atoms with van der Waals surface area (Å²) in [4.78, 5) is 24.1. The van der Waals surface area contributed by atoms with E-state index in [9.17, 15) is 9.59 Å². The summed E-state index contributed by atoms with van der Waals surface area (Å²) in [5, 5.41) is 8.51. The van der Waals surface area contributed by atoms with Crippen LogP contribution in [0.15, 0.2) is 11.0 Å². The van der Waals surface area contributed by atoms with Crippen molar-refractivity contribution in [3.05, 3.63) is 27.7 Å². The third kappa shape index (κ3) is 1.16. The lowest BCUT2D eigenvalue weighted by Gasteiger charge is -1.99. The summed E-state index contributed by atoms with van der Waals surface area (Å²) < 4.78 is 0. The van der Waals surface area contributed by atoms with Crippen LogP contribution in [0.2, 0.25) is 0 Å². The van der Waals surface area contributed by atoms with Crippen molar-refractivity contribution in [2.75, 3.05) is 5.73 Å². The number of nitrogens with one attached hydrogen (secondary N) is 1. The number of hydrogen-bond acceptors (Lipinski definition) is 3. The number of aromatic nitrogens is 1. The number of pyridine rings is 1. The Bertz CT molecular complexity index is 381. The second kappa shape index (κ2) is 2.69. The number of aromatic amines is 1. The summed E-state index contributed by atoms with van der Waals surface area (Å²) in [6.45, 7) is 1.60. The van der Waals surface area contributed by atoms with Gasteiger partial charge in [0.1, 0.15) is 5.56 Å². The average Bonchev–Trinajstić information content (AvgIpc) is 2.00. The molecule has 1 heterocycles. The van der Waals surface area contributed by atoms with Gasteiger partial charge >= 0.3 is 5.97 Å². The lowest BCUT2D eigenvalue weighted by molar-refractivity contribution is 0.0695. The van der Waals surface area contributed by atoms with Crippen molar-refractivity contribution in [2.45, 2.75) is 6.92 Å². The molecule has 0 aliphatic rings. The first-order valence-electron chi connectivity index (χ1n) is 3.25. The minimum atomic E-state index is -1.28. The minimum absolute atomic E-state index is 0.0464. The van der Waals surface area contributed by atoms with E-state index in [-0.39, 0.29) is 11.3 Å². The van der Waals surface area contributed by atoms with E-state index in [2.05, 4.69) is 4.98 Å². The van der Waals surface area contributed by atoms with Crippen LogP contribution in [0.5, 0.6) is 0 Å². The zero-order chi connectivity index (χ0) is 9.30. The molecule has 5 heteroatoms. The van der Waals surface area contributed by atoms with Crippen molar-refractivity contribution >= 4 is 11.7 Å². The largest absolute Gasteiger partial charge is 0.477 e. The van der Waals surface area contributed by atoms with Crippen LogP contribution in [0.3, 0.4) is 0 Å². The molecule has 5 nitrogen and oxygen atoms in total. The second-order valence-corrected chi connectivity index (χ2v) is 2.38. The van der Waals surface area contributed by atoms with Gasteiger partial charge in [-0.15, -0.1) is 0 Å². The van der Waals surface area contributed by atoms with Crippen molar-refractivity contribution < 1.29 is 9.90 Å². The first-order chi connectivity index (χ1) is 5.54. The highest BCUT2D eigenvalue weighted by atomic mass is 16.4. The SMILES string of the molecule is Cc1[nH]cc(C(=O)O)c(=O)c1N. The van der Waals surface area contributed by atoms with Gasteiger partial charge in [0.15, 0.2) is 0 Å². The topological polar surface area (TPSA) is 96.2 Å². The van der Waals surface area contributed by atoms with E-state index in [1.807, 2.05) is 0 Å². The Balaban J connectivity index is 3.47. The Morgan fingerprint density at radius 1 is 1.67 bits per heavy atom. The average molecular weight is 168 g/mol. The normalized spacial score (nSPS) is 9.75. The number of carboxylic acids is 1. The van der Waals surface area contributed by atoms with E-state index >= 15 is 0 Å². The van der Waals surface area contributed by atoms with Gasteiger partial charge in [-0.2, -0.15) is 0 Å². The van der Waals surface area contributed by atoms with E-state index in [1.165, 1.54) is 0 Å². The summed E-state index contributed by atoms with van der Waals surface area (Å²) in [6, 6.07) is 0. The number of carbonyl (C=O) groups is 1. The maximum Gasteiger partial charge on any atom is 0.341 e. The van der Waals surface area contributed by atoms with Gasteiger partial charge in [0, 0.05) is 11.9 Å². The van der Waals surface area contributed by atoms with Crippen molar-refractivity contribution in [2.24, 2.45) is 0 Å². The van der Waals surface area contributed by atoms with Crippen LogP contribution >= 0.6 is 0 Å². The second-order valence-electron chi connectivity index (χ2n) is 2.38. The van der Waals surface area contributed by atoms with Gasteiger partial charge in [0.05, 0.1) is 5.69 Å². The number of rotatable bonds is 1. The van der Waals surface area contributed by atoms with Gasteiger partial charge in [0.25, 0.3) is 0 Å². The smallest absolute Gasteiger partial charge is 0.341 e. The first kappa shape index (κ1) is 8.32. The van der Waals surface area contributed by atoms with Gasteiger partial charge in [-0.3, -0.25) is 4.79 Å². The molecule has 0 saturated heterocycles. The van der Waals surface area contributed by atoms with Gasteiger partial charge in [-0.25, -0.2) is 4.79 Å². The van der Waals surface area contributed by atoms with Crippen LogP contribution in [0.4, 0.5) is 5.69 Å². The zero-order valence-electron chi connectivity index (χ0n) is 6.42. The molecule has 1 rings (SSSR count). The predicted octanol–water partition coefficient (Wildman–Crippen LogP) is -0.0363. The van der Waals surface area contributed by atoms with Crippen LogP contribution in [-0.4, -0.2) is 16.1 Å². The van der Waals surface area contributed by atoms with Crippen LogP contribution < -0.4 is 11.2 Å². The van der Waals surface area contributed by atoms with Crippen molar-refractivity contribution in [3.8, 4) is 0 Å². The van der Waals surface area contributed by atoms with Crippen molar-refractivity contribution in [1.29, 1.82) is 0 Å². The third-order valence-electron chi connectivity index (χ3n) is 1.56. The molecule has 0 bridgehead atoms. The van der Waals surface area contributed by atoms with E-state index in [1.54, 1.807) is 6.92 Å². The fourth-order valence-electron chi connectivity index (χ4n) is 0.798. The maximum absolute atomic E-state index is 11.1. The summed E-state index contributed by atoms with van der Waals surface area (Å²) in [5.41, 5.74) is 4.77. The van der Waals surface area contributed by atoms with E-state index < -0.39 is 11.4 Å². The molecule has 0 fully saturated rings. The summed E-state index contributed by atoms with van der Waals surface area (Å²) in [7, 11) is 0. The summed E-state index contributed by atoms with van der Waals surface area (Å²) in [6.07, 6.45) is 1.14. The predicted molar refractivity (Wildman–Crippen MR) is 43.2 cm³/mol. The van der Waals surface area contributed by atoms with Crippen LogP contribution in [0.1, 0.15) is 16.1 Å². The van der Waals surface area contributed by atoms with Crippen molar-refractivity contribution in [3.63, 3.8) is 0 Å². The highest BCUT2D eigenvalue weighted by Crippen LogP contribution is 2.01. The lowest BCUT2D eigenvalue weighted by Crippen LogP contribution is -2.19. The summed E-state index contributed by atoms with van der Waals surface area (Å²) in [5.74, 6) is -1.28. The molecular formula is C7H8N2O3. The number of hydrogen-bond donors (Lipinski definition) is 3. The lowest BCUT2D eigenvalue weighted by atomic mass is 10.2. The molecule has 0 saturated carbocycles. The molecule has 0 aliphatic carbocycles. The van der Waals surface area contributed by atoms with Crippen LogP contribution in [0, 0.1) is 6.92 Å². The molecule has 4 N–H and O–H groups in total. The molecule has 0 aliphatic heterocycles. The molecule has 1 aromatic heterocycles. The Hall–Kier alpha value is -1.78. The fourth-order valence-corrected chi connectivity index (χ4v) is 0.798. The van der Waals surface area contributed by atoms with Gasteiger partial charge in [0.2, 0.25) is 5.43 Å². The number of nitrogen functional groups attached to an aromatic ring is 1. The Morgan fingerprint density at radius 3 is 2.75 bits per heavy atom. The molecule has 12 heavy (non-hydrogen) atoms. The van der Waals surface area contributed by atoms with Gasteiger partial charge in [-0.1, -0.05) is 0 Å². The standard InChI is InChI=1S/C7H8N2O3/c1-3-5(8)6(10)4(2-9-3)7(11)12/h2H,8H2,1H3,(H,9,10)(H,11,12). The molecule has 0 atom stereocenters. The number of aryl methyl sites for hydroxylation is 1. The molecule has 0 amide bonds. The molecular weight excluding hydrogens is 160 g/mol. The van der Waals surface area contributed by atoms with E-state index in [0.29, 0.717) is 5.69 Å². The maximum atomic E-state index is 11.1. The Kier molecular flexibility index (Phi) is 1.86. The van der Waals surface area contributed by atoms with Gasteiger partial charge < -0.3 is 15.8 Å². The summed E-state index contributed by atoms with van der Waals surface area (Å²) >= 11 is 0. The molecule has 0 aromatic carbocycles. The highest BCUT2D eigenvalue weighted by Gasteiger charge is 2.11.